The van der Waals surface area contributed by atoms with Gasteiger partial charge in [-0.15, -0.1) is 11.3 Å². The molecule has 0 radical (unpaired) electrons. The molecule has 2 aliphatic rings. The molecule has 1 amide bonds. The summed E-state index contributed by atoms with van der Waals surface area (Å²) in [7, 11) is 0. The van der Waals surface area contributed by atoms with E-state index in [-0.39, 0.29) is 5.91 Å². The zero-order chi connectivity index (χ0) is 13.7. The number of aliphatic hydroxyl groups excluding tert-OH is 1. The number of benzene rings is 1. The van der Waals surface area contributed by atoms with Crippen molar-refractivity contribution in [1.82, 2.24) is 15.6 Å². The van der Waals surface area contributed by atoms with Gasteiger partial charge in [0.2, 0.25) is 5.91 Å². The summed E-state index contributed by atoms with van der Waals surface area (Å²) in [6.45, 7) is 1.34. The SMILES string of the molecule is O=C1NC(O)NC12CCN(c1ccc3scnc3c1)C2. The van der Waals surface area contributed by atoms with E-state index in [0.717, 1.165) is 22.4 Å². The molecule has 104 valence electrons. The number of hydrogen-bond acceptors (Lipinski definition) is 6. The topological polar surface area (TPSA) is 77.5 Å². The zero-order valence-electron chi connectivity index (χ0n) is 10.7. The van der Waals surface area contributed by atoms with Gasteiger partial charge < -0.3 is 15.3 Å². The number of aromatic nitrogens is 1. The Morgan fingerprint density at radius 3 is 3.20 bits per heavy atom. The van der Waals surface area contributed by atoms with Crippen LogP contribution in [0.25, 0.3) is 10.2 Å². The summed E-state index contributed by atoms with van der Waals surface area (Å²) >= 11 is 1.62. The third-order valence-corrected chi connectivity index (χ3v) is 4.87. The maximum atomic E-state index is 12.0. The Hall–Kier alpha value is -1.70. The summed E-state index contributed by atoms with van der Waals surface area (Å²) in [5, 5.41) is 15.0. The fraction of sp³-hybridized carbons (Fsp3) is 0.385. The lowest BCUT2D eigenvalue weighted by Gasteiger charge is -2.23. The van der Waals surface area contributed by atoms with Crippen molar-refractivity contribution in [3.63, 3.8) is 0 Å². The first-order valence-electron chi connectivity index (χ1n) is 6.51. The molecule has 2 aliphatic heterocycles. The number of aliphatic hydroxyl groups is 1. The Bertz CT molecular complexity index is 688. The molecule has 2 fully saturated rings. The molecular weight excluding hydrogens is 276 g/mol. The number of carbonyl (C=O) groups excluding carboxylic acids is 1. The van der Waals surface area contributed by atoms with Crippen LogP contribution < -0.4 is 15.5 Å². The number of nitrogens with one attached hydrogen (secondary N) is 2. The van der Waals surface area contributed by atoms with Crippen LogP contribution in [0.4, 0.5) is 5.69 Å². The van der Waals surface area contributed by atoms with E-state index in [1.54, 1.807) is 11.3 Å². The highest BCUT2D eigenvalue weighted by atomic mass is 32.1. The van der Waals surface area contributed by atoms with Gasteiger partial charge in [0, 0.05) is 18.8 Å². The quantitative estimate of drug-likeness (QED) is 0.701. The third kappa shape index (κ3) is 1.71. The number of amides is 1. The first-order chi connectivity index (χ1) is 9.66. The smallest absolute Gasteiger partial charge is 0.245 e. The van der Waals surface area contributed by atoms with E-state index in [9.17, 15) is 9.90 Å². The van der Waals surface area contributed by atoms with Crippen molar-refractivity contribution in [2.24, 2.45) is 0 Å². The van der Waals surface area contributed by atoms with E-state index in [2.05, 4.69) is 32.7 Å². The highest BCUT2D eigenvalue weighted by Gasteiger charge is 2.50. The number of hydrogen-bond donors (Lipinski definition) is 3. The highest BCUT2D eigenvalue weighted by Crippen LogP contribution is 2.31. The Balaban J connectivity index is 1.63. The summed E-state index contributed by atoms with van der Waals surface area (Å²) in [6.07, 6.45) is -0.256. The lowest BCUT2D eigenvalue weighted by molar-refractivity contribution is -0.123. The fourth-order valence-electron chi connectivity index (χ4n) is 3.00. The Morgan fingerprint density at radius 1 is 1.50 bits per heavy atom. The van der Waals surface area contributed by atoms with Crippen LogP contribution in [0.3, 0.4) is 0 Å². The van der Waals surface area contributed by atoms with Crippen molar-refractivity contribution in [2.45, 2.75) is 18.3 Å². The second-order valence-electron chi connectivity index (χ2n) is 5.28. The number of nitrogens with zero attached hydrogens (tertiary/aromatic N) is 2. The van der Waals surface area contributed by atoms with Crippen LogP contribution in [0.5, 0.6) is 0 Å². The van der Waals surface area contributed by atoms with Crippen LogP contribution in [-0.2, 0) is 4.79 Å². The summed E-state index contributed by atoms with van der Waals surface area (Å²) in [6, 6.07) is 6.17. The van der Waals surface area contributed by atoms with E-state index in [4.69, 9.17) is 0 Å². The van der Waals surface area contributed by atoms with E-state index in [0.29, 0.717) is 13.0 Å². The number of thiazole rings is 1. The molecule has 0 bridgehead atoms. The minimum Gasteiger partial charge on any atom is -0.369 e. The normalized spacial score (nSPS) is 29.6. The molecule has 2 saturated heterocycles. The number of anilines is 1. The van der Waals surface area contributed by atoms with E-state index in [1.807, 2.05) is 11.6 Å². The van der Waals surface area contributed by atoms with E-state index in [1.165, 1.54) is 0 Å². The van der Waals surface area contributed by atoms with Gasteiger partial charge >= 0.3 is 0 Å². The van der Waals surface area contributed by atoms with Gasteiger partial charge in [-0.3, -0.25) is 10.1 Å². The van der Waals surface area contributed by atoms with Gasteiger partial charge in [0.1, 0.15) is 5.54 Å². The van der Waals surface area contributed by atoms with Crippen LogP contribution in [0, 0.1) is 0 Å². The molecule has 0 aliphatic carbocycles. The Labute approximate surface area is 119 Å². The van der Waals surface area contributed by atoms with E-state index < -0.39 is 11.9 Å². The maximum Gasteiger partial charge on any atom is 0.245 e. The van der Waals surface area contributed by atoms with Crippen LogP contribution >= 0.6 is 11.3 Å². The summed E-state index contributed by atoms with van der Waals surface area (Å²) < 4.78 is 1.16. The molecule has 2 unspecified atom stereocenters. The van der Waals surface area contributed by atoms with Crippen molar-refractivity contribution >= 4 is 33.1 Å². The second-order valence-corrected chi connectivity index (χ2v) is 6.16. The summed E-state index contributed by atoms with van der Waals surface area (Å²) in [5.74, 6) is -0.123. The van der Waals surface area contributed by atoms with Crippen molar-refractivity contribution in [3.8, 4) is 0 Å². The third-order valence-electron chi connectivity index (χ3n) is 4.06. The fourth-order valence-corrected chi connectivity index (χ4v) is 3.66. The first-order valence-corrected chi connectivity index (χ1v) is 7.39. The molecule has 0 saturated carbocycles. The molecule has 6 nitrogen and oxygen atoms in total. The van der Waals surface area contributed by atoms with Crippen molar-refractivity contribution in [2.75, 3.05) is 18.0 Å². The Morgan fingerprint density at radius 2 is 2.40 bits per heavy atom. The zero-order valence-corrected chi connectivity index (χ0v) is 11.5. The van der Waals surface area contributed by atoms with Crippen molar-refractivity contribution in [1.29, 1.82) is 0 Å². The maximum absolute atomic E-state index is 12.0. The second kappa shape index (κ2) is 4.15. The van der Waals surface area contributed by atoms with Crippen molar-refractivity contribution < 1.29 is 9.90 Å². The number of carbonyl (C=O) groups is 1. The summed E-state index contributed by atoms with van der Waals surface area (Å²) in [4.78, 5) is 18.5. The average molecular weight is 290 g/mol. The Kier molecular flexibility index (Phi) is 2.50. The minimum absolute atomic E-state index is 0.123. The molecule has 2 aromatic rings. The predicted octanol–water partition coefficient (Wildman–Crippen LogP) is 0.240. The monoisotopic (exact) mass is 290 g/mol. The van der Waals surface area contributed by atoms with Gasteiger partial charge in [-0.2, -0.15) is 0 Å². The van der Waals surface area contributed by atoms with Gasteiger partial charge in [0.05, 0.1) is 15.7 Å². The summed E-state index contributed by atoms with van der Waals surface area (Å²) in [5.41, 5.74) is 3.21. The number of fused-ring (bicyclic) bond motifs is 1. The average Bonchev–Trinajstić information content (AvgIpc) is 3.09. The highest BCUT2D eigenvalue weighted by molar-refractivity contribution is 7.16. The van der Waals surface area contributed by atoms with Gasteiger partial charge in [0.25, 0.3) is 0 Å². The molecular formula is C13H14N4O2S. The lowest BCUT2D eigenvalue weighted by atomic mass is 9.99. The van der Waals surface area contributed by atoms with Gasteiger partial charge in [-0.1, -0.05) is 0 Å². The van der Waals surface area contributed by atoms with E-state index >= 15 is 0 Å². The molecule has 2 atom stereocenters. The van der Waals surface area contributed by atoms with Crippen molar-refractivity contribution in [3.05, 3.63) is 23.7 Å². The molecule has 3 heterocycles. The molecule has 20 heavy (non-hydrogen) atoms. The first kappa shape index (κ1) is 12.1. The van der Waals surface area contributed by atoms with Gasteiger partial charge in [-0.05, 0) is 24.6 Å². The molecule has 7 heteroatoms. The van der Waals surface area contributed by atoms with Crippen LogP contribution in [0.15, 0.2) is 23.7 Å². The molecule has 1 aromatic carbocycles. The largest absolute Gasteiger partial charge is 0.369 e. The minimum atomic E-state index is -0.941. The standard InChI is InChI=1S/C13H14N4O2S/c18-11-13(16-12(19)15-11)3-4-17(6-13)8-1-2-10-9(5-8)14-7-20-10/h1-2,5,7,12,16,19H,3-4,6H2,(H,15,18). The lowest BCUT2D eigenvalue weighted by Crippen LogP contribution is -2.49. The van der Waals surface area contributed by atoms with Crippen LogP contribution in [0.1, 0.15) is 6.42 Å². The van der Waals surface area contributed by atoms with Gasteiger partial charge in [-0.25, -0.2) is 4.98 Å². The molecule has 3 N–H and O–H groups in total. The number of rotatable bonds is 1. The molecule has 4 rings (SSSR count). The van der Waals surface area contributed by atoms with Gasteiger partial charge in [0.15, 0.2) is 6.35 Å². The predicted molar refractivity (Wildman–Crippen MR) is 76.5 cm³/mol. The van der Waals surface area contributed by atoms with Crippen LogP contribution in [0.2, 0.25) is 0 Å². The van der Waals surface area contributed by atoms with Crippen LogP contribution in [-0.4, -0.2) is 41.0 Å². The molecule has 1 spiro atoms. The molecule has 1 aromatic heterocycles.